The third-order valence-electron chi connectivity index (χ3n) is 2.35. The Morgan fingerprint density at radius 2 is 2.18 bits per heavy atom. The van der Waals surface area contributed by atoms with Crippen LogP contribution in [0.3, 0.4) is 0 Å². The van der Waals surface area contributed by atoms with Gasteiger partial charge in [-0.15, -0.1) is 0 Å². The van der Waals surface area contributed by atoms with Crippen LogP contribution < -0.4 is 5.32 Å². The maximum atomic E-state index is 13.5. The molecule has 1 unspecified atom stereocenters. The topological polar surface area (TPSA) is 49.3 Å². The first-order valence-electron chi connectivity index (χ1n) is 5.44. The van der Waals surface area contributed by atoms with Crippen LogP contribution in [0, 0.1) is 11.6 Å². The molecule has 0 radical (unpaired) electrons. The highest BCUT2D eigenvalue weighted by molar-refractivity contribution is 5.68. The van der Waals surface area contributed by atoms with Gasteiger partial charge in [-0.05, 0) is 31.2 Å². The highest BCUT2D eigenvalue weighted by Gasteiger charge is 2.18. The predicted molar refractivity (Wildman–Crippen MR) is 59.6 cm³/mol. The molecule has 0 heterocycles. The van der Waals surface area contributed by atoms with E-state index >= 15 is 0 Å². The van der Waals surface area contributed by atoms with Crippen molar-refractivity contribution in [1.29, 1.82) is 0 Å². The normalized spacial score (nSPS) is 12.4. The summed E-state index contributed by atoms with van der Waals surface area (Å²) in [7, 11) is 0. The molecule has 2 N–H and O–H groups in total. The van der Waals surface area contributed by atoms with Crippen LogP contribution in [0.2, 0.25) is 0 Å². The largest absolute Gasteiger partial charge is 0.481 e. The molecule has 17 heavy (non-hydrogen) atoms. The highest BCUT2D eigenvalue weighted by atomic mass is 19.1. The second-order valence-electron chi connectivity index (χ2n) is 3.77. The summed E-state index contributed by atoms with van der Waals surface area (Å²) >= 11 is 0. The summed E-state index contributed by atoms with van der Waals surface area (Å²) in [6.07, 6.45) is 0.507. The first kappa shape index (κ1) is 13.6. The predicted octanol–water partition coefficient (Wildman–Crippen LogP) is 2.48. The molecule has 1 aromatic carbocycles. The maximum Gasteiger partial charge on any atom is 0.305 e. The number of carbonyl (C=O) groups is 1. The summed E-state index contributed by atoms with van der Waals surface area (Å²) in [5.41, 5.74) is 0.0563. The Bertz CT molecular complexity index is 396. The van der Waals surface area contributed by atoms with Crippen LogP contribution in [0.4, 0.5) is 8.78 Å². The smallest absolute Gasteiger partial charge is 0.305 e. The minimum Gasteiger partial charge on any atom is -0.481 e. The number of benzene rings is 1. The van der Waals surface area contributed by atoms with E-state index in [4.69, 9.17) is 5.11 Å². The molecule has 0 spiro atoms. The second-order valence-corrected chi connectivity index (χ2v) is 3.77. The molecule has 3 nitrogen and oxygen atoms in total. The van der Waals surface area contributed by atoms with E-state index < -0.39 is 23.6 Å². The molecule has 0 fully saturated rings. The van der Waals surface area contributed by atoms with E-state index in [9.17, 15) is 13.6 Å². The van der Waals surface area contributed by atoms with Crippen LogP contribution in [0.15, 0.2) is 18.2 Å². The molecular formula is C12H15F2NO2. The molecule has 5 heteroatoms. The van der Waals surface area contributed by atoms with Crippen LogP contribution in [0.1, 0.15) is 31.4 Å². The second kappa shape index (κ2) is 6.30. The molecule has 0 aromatic heterocycles. The van der Waals surface area contributed by atoms with Gasteiger partial charge in [0.1, 0.15) is 11.6 Å². The summed E-state index contributed by atoms with van der Waals surface area (Å²) in [6, 6.07) is 2.35. The summed E-state index contributed by atoms with van der Waals surface area (Å²) in [6.45, 7) is 2.46. The van der Waals surface area contributed by atoms with Gasteiger partial charge in [0.15, 0.2) is 0 Å². The average Bonchev–Trinajstić information content (AvgIpc) is 2.27. The van der Waals surface area contributed by atoms with Crippen LogP contribution in [0.25, 0.3) is 0 Å². The molecule has 0 aliphatic heterocycles. The van der Waals surface area contributed by atoms with Gasteiger partial charge in [-0.1, -0.05) is 6.92 Å². The van der Waals surface area contributed by atoms with Crippen molar-refractivity contribution in [2.24, 2.45) is 0 Å². The van der Waals surface area contributed by atoms with Crippen molar-refractivity contribution in [2.45, 2.75) is 25.8 Å². The number of hydrogen-bond donors (Lipinski definition) is 2. The van der Waals surface area contributed by atoms with Crippen molar-refractivity contribution in [2.75, 3.05) is 6.54 Å². The average molecular weight is 243 g/mol. The van der Waals surface area contributed by atoms with Gasteiger partial charge in [-0.3, -0.25) is 4.79 Å². The van der Waals surface area contributed by atoms with Crippen molar-refractivity contribution in [3.63, 3.8) is 0 Å². The van der Waals surface area contributed by atoms with Gasteiger partial charge in [0.2, 0.25) is 0 Å². The zero-order valence-electron chi connectivity index (χ0n) is 9.54. The monoisotopic (exact) mass is 243 g/mol. The Labute approximate surface area is 98.5 Å². The minimum atomic E-state index is -1.05. The maximum absolute atomic E-state index is 13.5. The first-order valence-corrected chi connectivity index (χ1v) is 5.44. The van der Waals surface area contributed by atoms with Crippen molar-refractivity contribution < 1.29 is 18.7 Å². The van der Waals surface area contributed by atoms with Crippen LogP contribution in [-0.2, 0) is 4.79 Å². The zero-order valence-corrected chi connectivity index (χ0v) is 9.54. The summed E-state index contributed by atoms with van der Waals surface area (Å²) in [5, 5.41) is 11.6. The van der Waals surface area contributed by atoms with Gasteiger partial charge < -0.3 is 10.4 Å². The summed E-state index contributed by atoms with van der Waals surface area (Å²) in [4.78, 5) is 10.7. The van der Waals surface area contributed by atoms with E-state index in [1.54, 1.807) is 0 Å². The summed E-state index contributed by atoms with van der Waals surface area (Å²) < 4.78 is 26.5. The molecule has 0 aliphatic rings. The molecule has 0 bridgehead atoms. The lowest BCUT2D eigenvalue weighted by Gasteiger charge is -2.17. The lowest BCUT2D eigenvalue weighted by atomic mass is 10.0. The van der Waals surface area contributed by atoms with Gasteiger partial charge >= 0.3 is 5.97 Å². The van der Waals surface area contributed by atoms with Crippen LogP contribution in [-0.4, -0.2) is 17.6 Å². The van der Waals surface area contributed by atoms with E-state index in [1.165, 1.54) is 0 Å². The quantitative estimate of drug-likeness (QED) is 0.807. The standard InChI is InChI=1S/C12H15F2NO2/c1-2-5-15-11(7-12(16)17)9-6-8(13)3-4-10(9)14/h3-4,6,11,15H,2,5,7H2,1H3,(H,16,17). The highest BCUT2D eigenvalue weighted by Crippen LogP contribution is 2.21. The lowest BCUT2D eigenvalue weighted by molar-refractivity contribution is -0.137. The molecule has 0 saturated heterocycles. The van der Waals surface area contributed by atoms with Crippen LogP contribution >= 0.6 is 0 Å². The lowest BCUT2D eigenvalue weighted by Crippen LogP contribution is -2.25. The Kier molecular flexibility index (Phi) is 5.03. The Morgan fingerprint density at radius 1 is 1.47 bits per heavy atom. The molecule has 1 rings (SSSR count). The number of rotatable bonds is 6. The van der Waals surface area contributed by atoms with Gasteiger partial charge in [0, 0.05) is 11.6 Å². The molecule has 0 saturated carbocycles. The first-order chi connectivity index (χ1) is 8.04. The van der Waals surface area contributed by atoms with Gasteiger partial charge in [-0.25, -0.2) is 8.78 Å². The summed E-state index contributed by atoms with van der Waals surface area (Å²) in [5.74, 6) is -2.22. The van der Waals surface area contributed by atoms with E-state index in [1.807, 2.05) is 6.92 Å². The third kappa shape index (κ3) is 4.11. The third-order valence-corrected chi connectivity index (χ3v) is 2.35. The van der Waals surface area contributed by atoms with Crippen molar-refractivity contribution in [3.05, 3.63) is 35.4 Å². The van der Waals surface area contributed by atoms with Gasteiger partial charge in [-0.2, -0.15) is 0 Å². The van der Waals surface area contributed by atoms with Gasteiger partial charge in [0.05, 0.1) is 6.42 Å². The van der Waals surface area contributed by atoms with E-state index in [2.05, 4.69) is 5.32 Å². The van der Waals surface area contributed by atoms with Crippen molar-refractivity contribution >= 4 is 5.97 Å². The number of carboxylic acids is 1. The van der Waals surface area contributed by atoms with E-state index in [0.717, 1.165) is 24.6 Å². The van der Waals surface area contributed by atoms with E-state index in [-0.39, 0.29) is 12.0 Å². The zero-order chi connectivity index (χ0) is 12.8. The number of carboxylic acid groups (broad SMARTS) is 1. The molecule has 1 aromatic rings. The number of aliphatic carboxylic acids is 1. The molecule has 0 amide bonds. The van der Waals surface area contributed by atoms with Gasteiger partial charge in [0.25, 0.3) is 0 Å². The number of halogens is 2. The fraction of sp³-hybridized carbons (Fsp3) is 0.417. The molecule has 1 atom stereocenters. The van der Waals surface area contributed by atoms with Crippen LogP contribution in [0.5, 0.6) is 0 Å². The fourth-order valence-corrected chi connectivity index (χ4v) is 1.57. The Morgan fingerprint density at radius 3 is 2.76 bits per heavy atom. The Balaban J connectivity index is 2.93. The fourth-order valence-electron chi connectivity index (χ4n) is 1.57. The molecule has 94 valence electrons. The van der Waals surface area contributed by atoms with Crippen molar-refractivity contribution in [3.8, 4) is 0 Å². The number of nitrogens with one attached hydrogen (secondary N) is 1. The minimum absolute atomic E-state index is 0.0563. The number of hydrogen-bond acceptors (Lipinski definition) is 2. The van der Waals surface area contributed by atoms with E-state index in [0.29, 0.717) is 6.54 Å². The molecule has 0 aliphatic carbocycles. The Hall–Kier alpha value is -1.49. The SMILES string of the molecule is CCCNC(CC(=O)O)c1cc(F)ccc1F. The molecular weight excluding hydrogens is 228 g/mol. The van der Waals surface area contributed by atoms with Crippen molar-refractivity contribution in [1.82, 2.24) is 5.32 Å².